The number of hydrogen-bond acceptors (Lipinski definition) is 3. The quantitative estimate of drug-likeness (QED) is 0.722. The van der Waals surface area contributed by atoms with Crippen molar-refractivity contribution in [3.63, 3.8) is 0 Å². The van der Waals surface area contributed by atoms with Crippen LogP contribution in [0.1, 0.15) is 36.3 Å². The van der Waals surface area contributed by atoms with Crippen molar-refractivity contribution >= 4 is 11.6 Å². The van der Waals surface area contributed by atoms with Crippen molar-refractivity contribution in [1.29, 1.82) is 0 Å². The number of carbonyl (C=O) groups excluding carboxylic acids is 1. The van der Waals surface area contributed by atoms with Crippen LogP contribution in [0.4, 0.5) is 5.69 Å². The van der Waals surface area contributed by atoms with Gasteiger partial charge in [0.2, 0.25) is 5.91 Å². The average molecular weight is 346 g/mol. The molecule has 1 heterocycles. The molecule has 1 aliphatic carbocycles. The van der Waals surface area contributed by atoms with Gasteiger partial charge in [-0.15, -0.1) is 0 Å². The highest BCUT2D eigenvalue weighted by Gasteiger charge is 2.15. The SMILES string of the molecule is O=C(CCc1ncc(-c2ccccc2)o1)Nc1cccc2c1CCCC2. The number of amides is 1. The van der Waals surface area contributed by atoms with Gasteiger partial charge in [-0.3, -0.25) is 4.79 Å². The topological polar surface area (TPSA) is 55.1 Å². The van der Waals surface area contributed by atoms with Gasteiger partial charge in [-0.1, -0.05) is 42.5 Å². The van der Waals surface area contributed by atoms with Gasteiger partial charge >= 0.3 is 0 Å². The highest BCUT2D eigenvalue weighted by atomic mass is 16.4. The largest absolute Gasteiger partial charge is 0.441 e. The fourth-order valence-electron chi connectivity index (χ4n) is 3.49. The number of aromatic nitrogens is 1. The van der Waals surface area contributed by atoms with E-state index in [1.54, 1.807) is 6.20 Å². The standard InChI is InChI=1S/C22H22N2O2/c25-21(24-19-12-6-10-16-7-4-5-11-18(16)19)13-14-22-23-15-20(26-22)17-8-2-1-3-9-17/h1-3,6,8-10,12,15H,4-5,7,11,13-14H2,(H,24,25). The molecule has 0 unspecified atom stereocenters. The monoisotopic (exact) mass is 346 g/mol. The zero-order valence-corrected chi connectivity index (χ0v) is 14.7. The van der Waals surface area contributed by atoms with Crippen LogP contribution in [-0.2, 0) is 24.1 Å². The van der Waals surface area contributed by atoms with Crippen LogP contribution in [0.25, 0.3) is 11.3 Å². The third kappa shape index (κ3) is 3.69. The summed E-state index contributed by atoms with van der Waals surface area (Å²) in [5.41, 5.74) is 4.63. The Bertz CT molecular complexity index is 900. The molecule has 3 aromatic rings. The molecular weight excluding hydrogens is 324 g/mol. The van der Waals surface area contributed by atoms with Crippen LogP contribution >= 0.6 is 0 Å². The first-order valence-corrected chi connectivity index (χ1v) is 9.20. The van der Waals surface area contributed by atoms with Crippen LogP contribution in [0.2, 0.25) is 0 Å². The fraction of sp³-hybridized carbons (Fsp3) is 0.273. The summed E-state index contributed by atoms with van der Waals surface area (Å²) >= 11 is 0. The van der Waals surface area contributed by atoms with E-state index in [4.69, 9.17) is 4.42 Å². The number of oxazole rings is 1. The summed E-state index contributed by atoms with van der Waals surface area (Å²) in [5, 5.41) is 3.07. The van der Waals surface area contributed by atoms with Crippen LogP contribution in [0, 0.1) is 0 Å². The minimum Gasteiger partial charge on any atom is -0.441 e. The Balaban J connectivity index is 1.37. The molecule has 0 atom stereocenters. The number of hydrogen-bond donors (Lipinski definition) is 1. The van der Waals surface area contributed by atoms with Crippen molar-refractivity contribution in [2.45, 2.75) is 38.5 Å². The van der Waals surface area contributed by atoms with E-state index >= 15 is 0 Å². The molecule has 0 bridgehead atoms. The van der Waals surface area contributed by atoms with E-state index < -0.39 is 0 Å². The lowest BCUT2D eigenvalue weighted by atomic mass is 9.90. The van der Waals surface area contributed by atoms with Gasteiger partial charge in [-0.25, -0.2) is 4.98 Å². The Hall–Kier alpha value is -2.88. The maximum atomic E-state index is 12.4. The Labute approximate surface area is 153 Å². The first-order chi connectivity index (χ1) is 12.8. The van der Waals surface area contributed by atoms with Crippen molar-refractivity contribution < 1.29 is 9.21 Å². The van der Waals surface area contributed by atoms with Crippen LogP contribution < -0.4 is 5.32 Å². The summed E-state index contributed by atoms with van der Waals surface area (Å²) in [7, 11) is 0. The molecule has 1 amide bonds. The molecule has 0 radical (unpaired) electrons. The van der Waals surface area contributed by atoms with Crippen LogP contribution in [-0.4, -0.2) is 10.9 Å². The third-order valence-electron chi connectivity index (χ3n) is 4.85. The number of nitrogens with one attached hydrogen (secondary N) is 1. The summed E-state index contributed by atoms with van der Waals surface area (Å²) in [4.78, 5) is 16.7. The van der Waals surface area contributed by atoms with E-state index in [-0.39, 0.29) is 5.91 Å². The average Bonchev–Trinajstić information content (AvgIpc) is 3.17. The second-order valence-corrected chi connectivity index (χ2v) is 6.68. The highest BCUT2D eigenvalue weighted by Crippen LogP contribution is 2.28. The van der Waals surface area contributed by atoms with Gasteiger partial charge in [-0.2, -0.15) is 0 Å². The zero-order chi connectivity index (χ0) is 17.8. The van der Waals surface area contributed by atoms with Crippen molar-refractivity contribution in [2.24, 2.45) is 0 Å². The Morgan fingerprint density at radius 1 is 1.04 bits per heavy atom. The molecule has 0 saturated carbocycles. The second kappa shape index (κ2) is 7.56. The van der Waals surface area contributed by atoms with Gasteiger partial charge in [0.05, 0.1) is 6.20 Å². The van der Waals surface area contributed by atoms with E-state index in [0.29, 0.717) is 18.7 Å². The number of rotatable bonds is 5. The molecule has 0 saturated heterocycles. The maximum Gasteiger partial charge on any atom is 0.224 e. The molecule has 1 N–H and O–H groups in total. The second-order valence-electron chi connectivity index (χ2n) is 6.68. The van der Waals surface area contributed by atoms with Crippen molar-refractivity contribution in [1.82, 2.24) is 4.98 Å². The molecule has 4 rings (SSSR count). The van der Waals surface area contributed by atoms with E-state index in [0.717, 1.165) is 29.9 Å². The Kier molecular flexibility index (Phi) is 4.82. The summed E-state index contributed by atoms with van der Waals surface area (Å²) in [6, 6.07) is 16.1. The first-order valence-electron chi connectivity index (χ1n) is 9.20. The Morgan fingerprint density at radius 3 is 2.77 bits per heavy atom. The van der Waals surface area contributed by atoms with Gasteiger partial charge in [0.1, 0.15) is 0 Å². The molecular formula is C22H22N2O2. The molecule has 4 nitrogen and oxygen atoms in total. The summed E-state index contributed by atoms with van der Waals surface area (Å²) in [6.45, 7) is 0. The van der Waals surface area contributed by atoms with E-state index in [9.17, 15) is 4.79 Å². The predicted octanol–water partition coefficient (Wildman–Crippen LogP) is 4.79. The molecule has 0 fully saturated rings. The molecule has 132 valence electrons. The first kappa shape index (κ1) is 16.6. The van der Waals surface area contributed by atoms with Crippen molar-refractivity contribution in [3.05, 3.63) is 71.7 Å². The lowest BCUT2D eigenvalue weighted by molar-refractivity contribution is -0.116. The van der Waals surface area contributed by atoms with Gasteiger partial charge in [-0.05, 0) is 42.9 Å². The van der Waals surface area contributed by atoms with Gasteiger partial charge in [0.25, 0.3) is 0 Å². The number of anilines is 1. The van der Waals surface area contributed by atoms with E-state index in [2.05, 4.69) is 16.4 Å². The number of aryl methyl sites for hydroxylation is 2. The molecule has 0 aliphatic heterocycles. The minimum atomic E-state index is 0.00318. The van der Waals surface area contributed by atoms with Crippen LogP contribution in [0.15, 0.2) is 59.1 Å². The number of fused-ring (bicyclic) bond motifs is 1. The fourth-order valence-corrected chi connectivity index (χ4v) is 3.49. The van der Waals surface area contributed by atoms with Crippen LogP contribution in [0.5, 0.6) is 0 Å². The molecule has 26 heavy (non-hydrogen) atoms. The van der Waals surface area contributed by atoms with E-state index in [1.807, 2.05) is 42.5 Å². The number of nitrogens with zero attached hydrogens (tertiary/aromatic N) is 1. The maximum absolute atomic E-state index is 12.4. The molecule has 4 heteroatoms. The molecule has 1 aliphatic rings. The van der Waals surface area contributed by atoms with Gasteiger partial charge in [0, 0.05) is 24.1 Å². The molecule has 0 spiro atoms. The van der Waals surface area contributed by atoms with Gasteiger partial charge in [0.15, 0.2) is 11.7 Å². The van der Waals surface area contributed by atoms with Crippen molar-refractivity contribution in [3.8, 4) is 11.3 Å². The van der Waals surface area contributed by atoms with Crippen LogP contribution in [0.3, 0.4) is 0 Å². The zero-order valence-electron chi connectivity index (χ0n) is 14.7. The predicted molar refractivity (Wildman–Crippen MR) is 102 cm³/mol. The number of carbonyl (C=O) groups is 1. The summed E-state index contributed by atoms with van der Waals surface area (Å²) in [5.74, 6) is 1.33. The summed E-state index contributed by atoms with van der Waals surface area (Å²) in [6.07, 6.45) is 7.16. The Morgan fingerprint density at radius 2 is 1.88 bits per heavy atom. The molecule has 1 aromatic heterocycles. The smallest absolute Gasteiger partial charge is 0.224 e. The van der Waals surface area contributed by atoms with Gasteiger partial charge < -0.3 is 9.73 Å². The third-order valence-corrected chi connectivity index (χ3v) is 4.85. The van der Waals surface area contributed by atoms with Crippen molar-refractivity contribution in [2.75, 3.05) is 5.32 Å². The number of benzene rings is 2. The summed E-state index contributed by atoms with van der Waals surface area (Å²) < 4.78 is 5.77. The molecule has 2 aromatic carbocycles. The lowest BCUT2D eigenvalue weighted by Gasteiger charge is -2.19. The minimum absolute atomic E-state index is 0.00318. The highest BCUT2D eigenvalue weighted by molar-refractivity contribution is 5.91. The van der Waals surface area contributed by atoms with E-state index in [1.165, 1.54) is 24.0 Å². The lowest BCUT2D eigenvalue weighted by Crippen LogP contribution is -2.15. The normalized spacial score (nSPS) is 13.2.